The quantitative estimate of drug-likeness (QED) is 0.766. The molecule has 1 aromatic heterocycles. The van der Waals surface area contributed by atoms with Gasteiger partial charge in [0.05, 0.1) is 19.5 Å². The number of aryl methyl sites for hydroxylation is 1. The lowest BCUT2D eigenvalue weighted by atomic mass is 10.0. The zero-order valence-electron chi connectivity index (χ0n) is 15.1. The Kier molecular flexibility index (Phi) is 4.70. The summed E-state index contributed by atoms with van der Waals surface area (Å²) in [6.07, 6.45) is 5.31. The zero-order valence-corrected chi connectivity index (χ0v) is 15.1. The van der Waals surface area contributed by atoms with Crippen molar-refractivity contribution in [2.45, 2.75) is 12.8 Å². The van der Waals surface area contributed by atoms with Crippen LogP contribution in [0.3, 0.4) is 0 Å². The molecule has 0 radical (unpaired) electrons. The number of hydrogen-bond acceptors (Lipinski definition) is 5. The van der Waals surface area contributed by atoms with Crippen LogP contribution in [0.25, 0.3) is 0 Å². The molecule has 27 heavy (non-hydrogen) atoms. The Labute approximate surface area is 157 Å². The van der Waals surface area contributed by atoms with Gasteiger partial charge >= 0.3 is 0 Å². The average Bonchev–Trinajstić information content (AvgIpc) is 2.73. The van der Waals surface area contributed by atoms with Gasteiger partial charge in [-0.2, -0.15) is 0 Å². The molecule has 0 bridgehead atoms. The van der Waals surface area contributed by atoms with Gasteiger partial charge in [0.1, 0.15) is 11.4 Å². The molecule has 0 aliphatic carbocycles. The van der Waals surface area contributed by atoms with Crippen LogP contribution in [-0.2, 0) is 6.42 Å². The summed E-state index contributed by atoms with van der Waals surface area (Å²) in [5.74, 6) is 1.12. The average molecular weight is 360 g/mol. The Hall–Kier alpha value is -3.41. The summed E-state index contributed by atoms with van der Waals surface area (Å²) < 4.78 is 5.17. The van der Waals surface area contributed by atoms with E-state index in [0.717, 1.165) is 30.9 Å². The van der Waals surface area contributed by atoms with Gasteiger partial charge in [-0.05, 0) is 36.6 Å². The van der Waals surface area contributed by atoms with Crippen LogP contribution in [0.15, 0.2) is 60.9 Å². The number of rotatable bonds is 4. The number of nitrogens with one attached hydrogen (secondary N) is 1. The highest BCUT2D eigenvalue weighted by atomic mass is 16.5. The third-order valence-corrected chi connectivity index (χ3v) is 4.59. The number of nitrogens with zero attached hydrogens (tertiary/aromatic N) is 3. The van der Waals surface area contributed by atoms with Crippen molar-refractivity contribution in [3.63, 3.8) is 0 Å². The summed E-state index contributed by atoms with van der Waals surface area (Å²) in [6.45, 7) is 0.890. The van der Waals surface area contributed by atoms with Crippen LogP contribution >= 0.6 is 0 Å². The zero-order chi connectivity index (χ0) is 18.6. The molecule has 0 fully saturated rings. The van der Waals surface area contributed by atoms with Gasteiger partial charge in [0.15, 0.2) is 5.82 Å². The summed E-state index contributed by atoms with van der Waals surface area (Å²) >= 11 is 0. The van der Waals surface area contributed by atoms with Gasteiger partial charge in [0, 0.05) is 24.0 Å². The van der Waals surface area contributed by atoms with E-state index in [4.69, 9.17) is 4.74 Å². The molecule has 4 rings (SSSR count). The number of carbonyl (C=O) groups excluding carboxylic acids is 1. The van der Waals surface area contributed by atoms with E-state index in [2.05, 4.69) is 38.4 Å². The van der Waals surface area contributed by atoms with Crippen LogP contribution in [0.1, 0.15) is 22.5 Å². The van der Waals surface area contributed by atoms with E-state index in [1.807, 2.05) is 18.2 Å². The molecule has 0 saturated heterocycles. The molecule has 2 heterocycles. The van der Waals surface area contributed by atoms with Crippen LogP contribution in [0, 0.1) is 0 Å². The third kappa shape index (κ3) is 3.60. The molecule has 6 heteroatoms. The van der Waals surface area contributed by atoms with Gasteiger partial charge in [-0.1, -0.05) is 24.3 Å². The molecule has 2 aromatic carbocycles. The number of anilines is 3. The maximum absolute atomic E-state index is 12.4. The maximum Gasteiger partial charge on any atom is 0.275 e. The van der Waals surface area contributed by atoms with Gasteiger partial charge < -0.3 is 15.0 Å². The first kappa shape index (κ1) is 17.0. The van der Waals surface area contributed by atoms with Gasteiger partial charge in [0.2, 0.25) is 0 Å². The molecule has 1 aliphatic rings. The van der Waals surface area contributed by atoms with Crippen LogP contribution in [-0.4, -0.2) is 29.5 Å². The second-order valence-corrected chi connectivity index (χ2v) is 6.33. The second-order valence-electron chi connectivity index (χ2n) is 6.33. The van der Waals surface area contributed by atoms with Crippen molar-refractivity contribution in [1.82, 2.24) is 9.97 Å². The largest absolute Gasteiger partial charge is 0.497 e. The van der Waals surface area contributed by atoms with Gasteiger partial charge in [-0.3, -0.25) is 4.79 Å². The Morgan fingerprint density at radius 3 is 2.81 bits per heavy atom. The Morgan fingerprint density at radius 1 is 1.11 bits per heavy atom. The Balaban J connectivity index is 1.52. The minimum Gasteiger partial charge on any atom is -0.497 e. The number of para-hydroxylation sites is 1. The number of aromatic nitrogens is 2. The van der Waals surface area contributed by atoms with Crippen molar-refractivity contribution in [1.29, 1.82) is 0 Å². The lowest BCUT2D eigenvalue weighted by Gasteiger charge is -2.30. The van der Waals surface area contributed by atoms with Crippen molar-refractivity contribution < 1.29 is 9.53 Å². The number of methoxy groups -OCH3 is 1. The van der Waals surface area contributed by atoms with Crippen LogP contribution in [0.2, 0.25) is 0 Å². The molecule has 1 aliphatic heterocycles. The monoisotopic (exact) mass is 360 g/mol. The van der Waals surface area contributed by atoms with E-state index in [1.165, 1.54) is 11.8 Å². The van der Waals surface area contributed by atoms with E-state index in [-0.39, 0.29) is 11.6 Å². The summed E-state index contributed by atoms with van der Waals surface area (Å²) in [4.78, 5) is 23.4. The molecular weight excluding hydrogens is 340 g/mol. The Bertz CT molecular complexity index is 956. The van der Waals surface area contributed by atoms with Crippen molar-refractivity contribution in [2.75, 3.05) is 23.9 Å². The fourth-order valence-electron chi connectivity index (χ4n) is 3.25. The van der Waals surface area contributed by atoms with E-state index in [9.17, 15) is 4.79 Å². The molecular formula is C21H20N4O2. The van der Waals surface area contributed by atoms with E-state index in [1.54, 1.807) is 25.4 Å². The smallest absolute Gasteiger partial charge is 0.275 e. The maximum atomic E-state index is 12.4. The summed E-state index contributed by atoms with van der Waals surface area (Å²) in [7, 11) is 1.59. The fourth-order valence-corrected chi connectivity index (χ4v) is 3.25. The molecule has 3 aromatic rings. The molecule has 1 N–H and O–H groups in total. The number of carbonyl (C=O) groups is 1. The van der Waals surface area contributed by atoms with E-state index >= 15 is 0 Å². The van der Waals surface area contributed by atoms with Crippen LogP contribution in [0.4, 0.5) is 17.2 Å². The highest BCUT2D eigenvalue weighted by Gasteiger charge is 2.19. The molecule has 0 spiro atoms. The van der Waals surface area contributed by atoms with E-state index < -0.39 is 0 Å². The topological polar surface area (TPSA) is 67.3 Å². The molecule has 0 atom stereocenters. The molecule has 1 amide bonds. The number of hydrogen-bond donors (Lipinski definition) is 1. The standard InChI is InChI=1S/C21H20N4O2/c1-27-17-9-4-8-16(12-17)24-21(26)18-13-23-20(14-22-18)25-11-5-7-15-6-2-3-10-19(15)25/h2-4,6,8-10,12-14H,5,7,11H2,1H3,(H,24,26). The van der Waals surface area contributed by atoms with Gasteiger partial charge in [0.25, 0.3) is 5.91 Å². The minimum atomic E-state index is -0.304. The SMILES string of the molecule is COc1cccc(NC(=O)c2cnc(N3CCCc4ccccc43)cn2)c1. The normalized spacial score (nSPS) is 13.0. The summed E-state index contributed by atoms with van der Waals surface area (Å²) in [5, 5.41) is 2.81. The first-order valence-electron chi connectivity index (χ1n) is 8.87. The number of ether oxygens (including phenoxy) is 1. The van der Waals surface area contributed by atoms with Gasteiger partial charge in [-0.15, -0.1) is 0 Å². The van der Waals surface area contributed by atoms with Gasteiger partial charge in [-0.25, -0.2) is 9.97 Å². The second kappa shape index (κ2) is 7.45. The fraction of sp³-hybridized carbons (Fsp3) is 0.190. The number of amides is 1. The highest BCUT2D eigenvalue weighted by molar-refractivity contribution is 6.02. The third-order valence-electron chi connectivity index (χ3n) is 4.59. The van der Waals surface area contributed by atoms with Crippen LogP contribution < -0.4 is 15.0 Å². The molecule has 6 nitrogen and oxygen atoms in total. The lowest BCUT2D eigenvalue weighted by Crippen LogP contribution is -2.25. The molecule has 0 unspecified atom stereocenters. The molecule has 0 saturated carbocycles. The highest BCUT2D eigenvalue weighted by Crippen LogP contribution is 2.31. The predicted molar refractivity (Wildman–Crippen MR) is 105 cm³/mol. The predicted octanol–water partition coefficient (Wildman–Crippen LogP) is 3.82. The van der Waals surface area contributed by atoms with Crippen molar-refractivity contribution in [3.8, 4) is 5.75 Å². The van der Waals surface area contributed by atoms with Crippen molar-refractivity contribution >= 4 is 23.1 Å². The van der Waals surface area contributed by atoms with Crippen LogP contribution in [0.5, 0.6) is 5.75 Å². The number of fused-ring (bicyclic) bond motifs is 1. The first-order valence-corrected chi connectivity index (χ1v) is 8.87. The van der Waals surface area contributed by atoms with Crippen molar-refractivity contribution in [3.05, 3.63) is 72.2 Å². The summed E-state index contributed by atoms with van der Waals surface area (Å²) in [6, 6.07) is 15.5. The van der Waals surface area contributed by atoms with E-state index in [0.29, 0.717) is 11.4 Å². The Morgan fingerprint density at radius 2 is 2.00 bits per heavy atom. The summed E-state index contributed by atoms with van der Waals surface area (Å²) in [5.41, 5.74) is 3.39. The lowest BCUT2D eigenvalue weighted by molar-refractivity contribution is 0.102. The van der Waals surface area contributed by atoms with Crippen molar-refractivity contribution in [2.24, 2.45) is 0 Å². The number of benzene rings is 2. The molecule has 136 valence electrons. The minimum absolute atomic E-state index is 0.270. The first-order chi connectivity index (χ1) is 13.2.